The van der Waals surface area contributed by atoms with E-state index >= 15 is 0 Å². The smallest absolute Gasteiger partial charge is 0.300 e. The van der Waals surface area contributed by atoms with Crippen LogP contribution in [0, 0.1) is 0 Å². The summed E-state index contributed by atoms with van der Waals surface area (Å²) in [4.78, 5) is 18.9. The van der Waals surface area contributed by atoms with Crippen LogP contribution in [-0.4, -0.2) is 29.9 Å². The normalized spacial score (nSPS) is 19.9. The molecule has 1 aliphatic rings. The van der Waals surface area contributed by atoms with E-state index in [-0.39, 0.29) is 5.91 Å². The molecule has 1 aromatic rings. The summed E-state index contributed by atoms with van der Waals surface area (Å²) in [6, 6.07) is 4.32. The van der Waals surface area contributed by atoms with Crippen molar-refractivity contribution in [2.45, 2.75) is 20.3 Å². The van der Waals surface area contributed by atoms with Crippen LogP contribution < -0.4 is 0 Å². The molecule has 5 heteroatoms. The van der Waals surface area contributed by atoms with Crippen LogP contribution in [0.25, 0.3) is 6.08 Å². The van der Waals surface area contributed by atoms with Gasteiger partial charge in [0.1, 0.15) is 0 Å². The molecule has 0 radical (unpaired) electrons. The van der Waals surface area contributed by atoms with E-state index in [0.717, 1.165) is 11.3 Å². The maximum absolute atomic E-state index is 12.1. The third-order valence-electron chi connectivity index (χ3n) is 2.49. The quantitative estimate of drug-likeness (QED) is 0.785. The van der Waals surface area contributed by atoms with Crippen LogP contribution in [0.1, 0.15) is 25.1 Å². The fourth-order valence-corrected chi connectivity index (χ4v) is 2.26. The lowest BCUT2D eigenvalue weighted by Gasteiger charge is -2.08. The topological polar surface area (TPSA) is 41.9 Å². The summed E-state index contributed by atoms with van der Waals surface area (Å²) in [6.45, 7) is 5.20. The molecule has 0 spiro atoms. The number of thiophene rings is 1. The summed E-state index contributed by atoms with van der Waals surface area (Å²) < 4.78 is 5.55. The zero-order valence-corrected chi connectivity index (χ0v) is 11.4. The largest absolute Gasteiger partial charge is 0.420 e. The number of amides is 1. The van der Waals surface area contributed by atoms with Gasteiger partial charge in [0.2, 0.25) is 0 Å². The van der Waals surface area contributed by atoms with Crippen LogP contribution in [0.15, 0.2) is 28.3 Å². The lowest BCUT2D eigenvalue weighted by molar-refractivity contribution is -0.122. The van der Waals surface area contributed by atoms with Gasteiger partial charge in [-0.3, -0.25) is 9.69 Å². The van der Waals surface area contributed by atoms with Crippen molar-refractivity contribution in [3.8, 4) is 0 Å². The summed E-state index contributed by atoms with van der Waals surface area (Å²) in [7, 11) is 0. The van der Waals surface area contributed by atoms with E-state index < -0.39 is 0 Å². The Balaban J connectivity index is 2.23. The summed E-state index contributed by atoms with van der Waals surface area (Å²) in [5, 5.41) is 1.97. The average Bonchev–Trinajstić information content (AvgIpc) is 2.97. The highest BCUT2D eigenvalue weighted by Crippen LogP contribution is 2.21. The number of ether oxygens (including phenoxy) is 1. The van der Waals surface area contributed by atoms with Gasteiger partial charge in [0.15, 0.2) is 5.76 Å². The van der Waals surface area contributed by atoms with E-state index in [2.05, 4.69) is 4.99 Å². The van der Waals surface area contributed by atoms with Crippen molar-refractivity contribution in [2.24, 2.45) is 4.99 Å². The first-order chi connectivity index (χ1) is 8.76. The molecule has 0 bridgehead atoms. The van der Waals surface area contributed by atoms with Crippen molar-refractivity contribution in [1.82, 2.24) is 4.90 Å². The predicted octanol–water partition coefficient (Wildman–Crippen LogP) is 2.73. The van der Waals surface area contributed by atoms with E-state index in [0.29, 0.717) is 24.9 Å². The van der Waals surface area contributed by atoms with Crippen molar-refractivity contribution in [2.75, 3.05) is 13.1 Å². The molecule has 18 heavy (non-hydrogen) atoms. The van der Waals surface area contributed by atoms with Crippen molar-refractivity contribution >= 4 is 29.3 Å². The van der Waals surface area contributed by atoms with Gasteiger partial charge in [-0.15, -0.1) is 11.3 Å². The molecule has 1 fully saturated rings. The van der Waals surface area contributed by atoms with Crippen molar-refractivity contribution in [3.05, 3.63) is 28.1 Å². The van der Waals surface area contributed by atoms with Crippen LogP contribution in [0.3, 0.4) is 0 Å². The van der Waals surface area contributed by atoms with Gasteiger partial charge in [-0.2, -0.15) is 0 Å². The highest BCUT2D eigenvalue weighted by molar-refractivity contribution is 7.10. The summed E-state index contributed by atoms with van der Waals surface area (Å²) in [5.74, 6) is 0.245. The fraction of sp³-hybridized carbons (Fsp3) is 0.385. The molecule has 0 atom stereocenters. The average molecular weight is 264 g/mol. The molecule has 96 valence electrons. The highest BCUT2D eigenvalue weighted by atomic mass is 32.1. The van der Waals surface area contributed by atoms with Gasteiger partial charge in [-0.05, 0) is 24.8 Å². The number of hydrogen-bond acceptors (Lipinski definition) is 4. The lowest BCUT2D eigenvalue weighted by Crippen LogP contribution is -2.29. The Morgan fingerprint density at radius 2 is 2.33 bits per heavy atom. The van der Waals surface area contributed by atoms with Crippen LogP contribution >= 0.6 is 11.3 Å². The minimum Gasteiger partial charge on any atom is -0.420 e. The predicted molar refractivity (Wildman–Crippen MR) is 73.4 cm³/mol. The highest BCUT2D eigenvalue weighted by Gasteiger charge is 2.33. The molecule has 0 aliphatic carbocycles. The van der Waals surface area contributed by atoms with E-state index in [9.17, 15) is 4.79 Å². The minimum absolute atomic E-state index is 0.110. The molecule has 0 unspecified atom stereocenters. The first-order valence-corrected chi connectivity index (χ1v) is 6.93. The first kappa shape index (κ1) is 12.8. The summed E-state index contributed by atoms with van der Waals surface area (Å²) in [5.41, 5.74) is 0. The zero-order chi connectivity index (χ0) is 13.0. The second-order valence-electron chi connectivity index (χ2n) is 3.84. The molecule has 2 rings (SSSR count). The second-order valence-corrected chi connectivity index (χ2v) is 4.82. The Kier molecular flexibility index (Phi) is 4.15. The van der Waals surface area contributed by atoms with Gasteiger partial charge >= 0.3 is 0 Å². The molecular weight excluding hydrogens is 248 g/mol. The van der Waals surface area contributed by atoms with Gasteiger partial charge in [0.25, 0.3) is 11.9 Å². The molecule has 1 amide bonds. The molecule has 1 aromatic heterocycles. The fourth-order valence-electron chi connectivity index (χ4n) is 1.61. The van der Waals surface area contributed by atoms with Crippen molar-refractivity contribution < 1.29 is 9.53 Å². The number of likely N-dealkylation sites (N-methyl/N-ethyl adjacent to an activating group) is 1. The molecule has 0 aromatic carbocycles. The number of hydrogen-bond donors (Lipinski definition) is 0. The molecule has 1 saturated heterocycles. The number of amidine groups is 1. The van der Waals surface area contributed by atoms with Gasteiger partial charge in [-0.1, -0.05) is 13.0 Å². The molecule has 2 heterocycles. The van der Waals surface area contributed by atoms with Gasteiger partial charge in [-0.25, -0.2) is 4.99 Å². The maximum atomic E-state index is 12.1. The standard InChI is InChI=1S/C13H16N2O2S/c1-3-7-14-13-15(4-2)12(16)11(17-13)9-10-6-5-8-18-10/h5-6,8-9H,3-4,7H2,1-2H3/b11-9+,14-13+. The minimum atomic E-state index is -0.110. The Labute approximate surface area is 111 Å². The molecule has 0 saturated carbocycles. The monoisotopic (exact) mass is 264 g/mol. The van der Waals surface area contributed by atoms with Gasteiger partial charge in [0.05, 0.1) is 0 Å². The second kappa shape index (κ2) is 5.82. The molecule has 4 nitrogen and oxygen atoms in total. The Bertz CT molecular complexity index is 477. The zero-order valence-electron chi connectivity index (χ0n) is 10.5. The van der Waals surface area contributed by atoms with Crippen LogP contribution in [-0.2, 0) is 9.53 Å². The van der Waals surface area contributed by atoms with Crippen LogP contribution in [0.5, 0.6) is 0 Å². The van der Waals surface area contributed by atoms with E-state index in [1.165, 1.54) is 0 Å². The number of aliphatic imine (C=N–C) groups is 1. The summed E-state index contributed by atoms with van der Waals surface area (Å²) in [6.07, 6.45) is 2.70. The van der Waals surface area contributed by atoms with Crippen molar-refractivity contribution in [3.63, 3.8) is 0 Å². The third-order valence-corrected chi connectivity index (χ3v) is 3.31. The Morgan fingerprint density at radius 1 is 1.50 bits per heavy atom. The lowest BCUT2D eigenvalue weighted by atomic mass is 10.3. The van der Waals surface area contributed by atoms with Crippen LogP contribution in [0.4, 0.5) is 0 Å². The number of nitrogens with zero attached hydrogens (tertiary/aromatic N) is 2. The van der Waals surface area contributed by atoms with Gasteiger partial charge in [0, 0.05) is 24.0 Å². The van der Waals surface area contributed by atoms with Gasteiger partial charge < -0.3 is 4.74 Å². The van der Waals surface area contributed by atoms with Crippen molar-refractivity contribution in [1.29, 1.82) is 0 Å². The number of carbonyl (C=O) groups is 1. The third kappa shape index (κ3) is 2.61. The molecule has 0 N–H and O–H groups in total. The Hall–Kier alpha value is -1.62. The van der Waals surface area contributed by atoms with Crippen LogP contribution in [0.2, 0.25) is 0 Å². The summed E-state index contributed by atoms with van der Waals surface area (Å²) >= 11 is 1.57. The molecule has 1 aliphatic heterocycles. The maximum Gasteiger partial charge on any atom is 0.300 e. The number of rotatable bonds is 4. The van der Waals surface area contributed by atoms with E-state index in [1.807, 2.05) is 31.4 Å². The number of carbonyl (C=O) groups excluding carboxylic acids is 1. The Morgan fingerprint density at radius 3 is 2.94 bits per heavy atom. The molecular formula is C13H16N2O2S. The van der Waals surface area contributed by atoms with E-state index in [1.54, 1.807) is 22.3 Å². The SMILES string of the molecule is CCC/N=C1/O/C(=C/c2cccs2)C(=O)N1CC. The van der Waals surface area contributed by atoms with E-state index in [4.69, 9.17) is 4.74 Å². The first-order valence-electron chi connectivity index (χ1n) is 6.05.